The van der Waals surface area contributed by atoms with Crippen LogP contribution in [0.15, 0.2) is 42.5 Å². The van der Waals surface area contributed by atoms with Crippen LogP contribution in [0, 0.1) is 10.1 Å². The number of hydrogen-bond acceptors (Lipinski definition) is 4. The van der Waals surface area contributed by atoms with E-state index in [-0.39, 0.29) is 28.9 Å². The van der Waals surface area contributed by atoms with Crippen LogP contribution in [0.4, 0.5) is 5.69 Å². The van der Waals surface area contributed by atoms with Crippen molar-refractivity contribution in [1.29, 1.82) is 0 Å². The van der Waals surface area contributed by atoms with Gasteiger partial charge < -0.3 is 11.1 Å². The Balaban J connectivity index is 2.00. The van der Waals surface area contributed by atoms with Gasteiger partial charge in [-0.15, -0.1) is 0 Å². The van der Waals surface area contributed by atoms with Gasteiger partial charge in [-0.1, -0.05) is 49.7 Å². The van der Waals surface area contributed by atoms with Gasteiger partial charge in [0.2, 0.25) is 0 Å². The number of amides is 1. The highest BCUT2D eigenvalue weighted by atomic mass is 35.5. The number of nitro benzene ring substituents is 1. The molecule has 0 aromatic heterocycles. The van der Waals surface area contributed by atoms with Crippen LogP contribution in [-0.4, -0.2) is 17.4 Å². The zero-order valence-corrected chi connectivity index (χ0v) is 14.8. The number of carbonyl (C=O) groups excluding carboxylic acids is 1. The minimum atomic E-state index is -0.565. The first kappa shape index (κ1) is 18.9. The lowest BCUT2D eigenvalue weighted by atomic mass is 9.99. The number of non-ortho nitro benzene ring substituents is 1. The molecule has 0 aliphatic carbocycles. The molecule has 3 N–H and O–H groups in total. The Morgan fingerprint density at radius 3 is 2.32 bits per heavy atom. The summed E-state index contributed by atoms with van der Waals surface area (Å²) in [5.74, 6) is 0.0170. The van der Waals surface area contributed by atoms with Gasteiger partial charge in [-0.25, -0.2) is 0 Å². The Morgan fingerprint density at radius 2 is 1.80 bits per heavy atom. The molecule has 0 aliphatic rings. The van der Waals surface area contributed by atoms with Gasteiger partial charge in [0.1, 0.15) is 0 Å². The lowest BCUT2D eigenvalue weighted by molar-refractivity contribution is -0.384. The van der Waals surface area contributed by atoms with Crippen molar-refractivity contribution >= 4 is 23.2 Å². The summed E-state index contributed by atoms with van der Waals surface area (Å²) in [6.07, 6.45) is 0. The van der Waals surface area contributed by atoms with E-state index >= 15 is 0 Å². The number of rotatable bonds is 6. The average Bonchev–Trinajstić information content (AvgIpc) is 2.59. The summed E-state index contributed by atoms with van der Waals surface area (Å²) >= 11 is 5.95. The highest BCUT2D eigenvalue weighted by molar-refractivity contribution is 6.34. The van der Waals surface area contributed by atoms with Gasteiger partial charge >= 0.3 is 0 Å². The maximum absolute atomic E-state index is 12.2. The molecule has 0 bridgehead atoms. The topological polar surface area (TPSA) is 98.3 Å². The molecular weight excluding hydrogens is 342 g/mol. The van der Waals surface area contributed by atoms with E-state index in [1.807, 2.05) is 24.3 Å². The number of nitro groups is 1. The van der Waals surface area contributed by atoms with Gasteiger partial charge in [0.05, 0.1) is 15.5 Å². The largest absolute Gasteiger partial charge is 0.350 e. The van der Waals surface area contributed by atoms with E-state index in [1.54, 1.807) is 0 Å². The molecule has 0 saturated heterocycles. The minimum absolute atomic E-state index is 0.0292. The molecule has 1 amide bonds. The molecule has 0 fully saturated rings. The second kappa shape index (κ2) is 8.09. The van der Waals surface area contributed by atoms with Crippen LogP contribution < -0.4 is 11.1 Å². The Hall–Kier alpha value is -2.44. The number of nitrogens with two attached hydrogens (primary N) is 1. The van der Waals surface area contributed by atoms with E-state index in [2.05, 4.69) is 19.2 Å². The molecule has 0 aliphatic heterocycles. The van der Waals surface area contributed by atoms with Crippen LogP contribution in [0.1, 0.15) is 47.3 Å². The third-order valence-corrected chi connectivity index (χ3v) is 4.23. The predicted octanol–water partition coefficient (Wildman–Crippen LogP) is 3.80. The van der Waals surface area contributed by atoms with Crippen molar-refractivity contribution in [3.05, 3.63) is 74.3 Å². The summed E-state index contributed by atoms with van der Waals surface area (Å²) in [5.41, 5.74) is 8.26. The molecule has 0 saturated carbocycles. The number of halogens is 1. The maximum atomic E-state index is 12.2. The summed E-state index contributed by atoms with van der Waals surface area (Å²) in [5, 5.41) is 13.4. The van der Waals surface area contributed by atoms with E-state index < -0.39 is 10.8 Å². The van der Waals surface area contributed by atoms with Crippen LogP contribution >= 0.6 is 11.6 Å². The van der Waals surface area contributed by atoms with E-state index in [0.717, 1.165) is 11.6 Å². The van der Waals surface area contributed by atoms with Crippen molar-refractivity contribution in [3.63, 3.8) is 0 Å². The number of nitrogens with one attached hydrogen (secondary N) is 1. The molecule has 2 aromatic rings. The maximum Gasteiger partial charge on any atom is 0.270 e. The van der Waals surface area contributed by atoms with Gasteiger partial charge in [0.25, 0.3) is 11.6 Å². The average molecular weight is 362 g/mol. The molecule has 6 nitrogen and oxygen atoms in total. The third kappa shape index (κ3) is 4.78. The molecule has 2 aromatic carbocycles. The fourth-order valence-corrected chi connectivity index (χ4v) is 2.61. The minimum Gasteiger partial charge on any atom is -0.350 e. The highest BCUT2D eigenvalue weighted by Crippen LogP contribution is 2.22. The second-order valence-corrected chi connectivity index (χ2v) is 6.47. The first-order chi connectivity index (χ1) is 11.8. The van der Waals surface area contributed by atoms with Crippen LogP contribution in [0.2, 0.25) is 5.02 Å². The molecule has 0 heterocycles. The number of benzene rings is 2. The van der Waals surface area contributed by atoms with Crippen molar-refractivity contribution in [1.82, 2.24) is 5.32 Å². The summed E-state index contributed by atoms with van der Waals surface area (Å²) in [6.45, 7) is 4.46. The first-order valence-electron chi connectivity index (χ1n) is 7.87. The van der Waals surface area contributed by atoms with E-state index in [0.29, 0.717) is 5.92 Å². The Morgan fingerprint density at radius 1 is 1.20 bits per heavy atom. The van der Waals surface area contributed by atoms with Gasteiger partial charge in [-0.2, -0.15) is 0 Å². The van der Waals surface area contributed by atoms with Crippen LogP contribution in [0.25, 0.3) is 0 Å². The molecule has 2 rings (SSSR count). The van der Waals surface area contributed by atoms with Crippen molar-refractivity contribution in [3.8, 4) is 0 Å². The lowest BCUT2D eigenvalue weighted by Crippen LogP contribution is -2.32. The molecule has 1 atom stereocenters. The van der Waals surface area contributed by atoms with Crippen LogP contribution in [0.3, 0.4) is 0 Å². The zero-order chi connectivity index (χ0) is 18.6. The molecule has 25 heavy (non-hydrogen) atoms. The number of nitrogens with zero attached hydrogens (tertiary/aromatic N) is 1. The second-order valence-electron chi connectivity index (χ2n) is 6.06. The first-order valence-corrected chi connectivity index (χ1v) is 8.25. The Bertz CT molecular complexity index is 776. The van der Waals surface area contributed by atoms with Crippen molar-refractivity contribution in [2.24, 2.45) is 5.73 Å². The van der Waals surface area contributed by atoms with Crippen molar-refractivity contribution in [2.75, 3.05) is 6.54 Å². The van der Waals surface area contributed by atoms with Crippen LogP contribution in [-0.2, 0) is 0 Å². The lowest BCUT2D eigenvalue weighted by Gasteiger charge is -2.15. The standard InChI is InChI=1S/C18H20ClN3O3/c1-11(2)12-3-5-13(6-4-12)17(20)10-21-18(23)15-8-7-14(22(24)25)9-16(15)19/h3-9,11,17H,10,20H2,1-2H3,(H,21,23). The van der Waals surface area contributed by atoms with Gasteiger partial charge in [-0.05, 0) is 23.1 Å². The molecular formula is C18H20ClN3O3. The van der Waals surface area contributed by atoms with Crippen LogP contribution in [0.5, 0.6) is 0 Å². The summed E-state index contributed by atoms with van der Waals surface area (Å²) in [6, 6.07) is 11.3. The van der Waals surface area contributed by atoms with E-state index in [9.17, 15) is 14.9 Å². The summed E-state index contributed by atoms with van der Waals surface area (Å²) in [7, 11) is 0. The quantitative estimate of drug-likeness (QED) is 0.603. The Kier molecular flexibility index (Phi) is 6.12. The zero-order valence-electron chi connectivity index (χ0n) is 14.0. The number of hydrogen-bond donors (Lipinski definition) is 2. The molecule has 0 radical (unpaired) electrons. The predicted molar refractivity (Wildman–Crippen MR) is 97.9 cm³/mol. The molecule has 1 unspecified atom stereocenters. The Labute approximate surface area is 151 Å². The SMILES string of the molecule is CC(C)c1ccc(C(N)CNC(=O)c2ccc([N+](=O)[O-])cc2Cl)cc1. The fraction of sp³-hybridized carbons (Fsp3) is 0.278. The molecule has 7 heteroatoms. The molecule has 132 valence electrons. The third-order valence-electron chi connectivity index (χ3n) is 3.92. The molecule has 0 spiro atoms. The summed E-state index contributed by atoms with van der Waals surface area (Å²) < 4.78 is 0. The van der Waals surface area contributed by atoms with Crippen molar-refractivity contribution in [2.45, 2.75) is 25.8 Å². The smallest absolute Gasteiger partial charge is 0.270 e. The highest BCUT2D eigenvalue weighted by Gasteiger charge is 2.16. The fourth-order valence-electron chi connectivity index (χ4n) is 2.35. The normalized spacial score (nSPS) is 12.0. The number of carbonyl (C=O) groups is 1. The monoisotopic (exact) mass is 361 g/mol. The summed E-state index contributed by atoms with van der Waals surface area (Å²) in [4.78, 5) is 22.3. The van der Waals surface area contributed by atoms with Gasteiger partial charge in [0, 0.05) is 24.7 Å². The van der Waals surface area contributed by atoms with Gasteiger partial charge in [-0.3, -0.25) is 14.9 Å². The van der Waals surface area contributed by atoms with E-state index in [1.165, 1.54) is 17.7 Å². The van der Waals surface area contributed by atoms with Crippen molar-refractivity contribution < 1.29 is 9.72 Å². The van der Waals surface area contributed by atoms with E-state index in [4.69, 9.17) is 17.3 Å². The van der Waals surface area contributed by atoms with Gasteiger partial charge in [0.15, 0.2) is 0 Å².